The highest BCUT2D eigenvalue weighted by Gasteiger charge is 2.27. The predicted octanol–water partition coefficient (Wildman–Crippen LogP) is 3.59. The van der Waals surface area contributed by atoms with E-state index >= 15 is 0 Å². The van der Waals surface area contributed by atoms with Crippen molar-refractivity contribution in [2.45, 2.75) is 31.5 Å². The second kappa shape index (κ2) is 4.69. The van der Waals surface area contributed by atoms with Crippen LogP contribution < -0.4 is 5.32 Å². The van der Waals surface area contributed by atoms with Crippen molar-refractivity contribution in [2.75, 3.05) is 5.32 Å². The zero-order chi connectivity index (χ0) is 12.5. The molecule has 0 amide bonds. The molecule has 0 aliphatic heterocycles. The van der Waals surface area contributed by atoms with Crippen molar-refractivity contribution < 1.29 is 4.39 Å². The van der Waals surface area contributed by atoms with Gasteiger partial charge in [-0.15, -0.1) is 0 Å². The zero-order valence-electron chi connectivity index (χ0n) is 9.74. The van der Waals surface area contributed by atoms with Crippen molar-refractivity contribution in [2.24, 2.45) is 0 Å². The van der Waals surface area contributed by atoms with E-state index in [1.807, 2.05) is 6.07 Å². The minimum Gasteiger partial charge on any atom is -0.364 e. The van der Waals surface area contributed by atoms with E-state index in [1.165, 1.54) is 6.33 Å². The van der Waals surface area contributed by atoms with E-state index < -0.39 is 6.17 Å². The molecule has 2 aromatic rings. The van der Waals surface area contributed by atoms with Crippen LogP contribution in [-0.4, -0.2) is 22.2 Å². The molecule has 1 N–H and O–H groups in total. The SMILES string of the molecule is F[C@@H]1CCC[C@H]1Nc1ncnc2ccc(Cl)cc12. The van der Waals surface area contributed by atoms with Gasteiger partial charge in [0.1, 0.15) is 18.3 Å². The highest BCUT2D eigenvalue weighted by molar-refractivity contribution is 6.31. The number of benzene rings is 1. The molecule has 0 bridgehead atoms. The van der Waals surface area contributed by atoms with Crippen LogP contribution in [0.3, 0.4) is 0 Å². The summed E-state index contributed by atoms with van der Waals surface area (Å²) in [5.41, 5.74) is 0.810. The standard InChI is InChI=1S/C13H13ClFN3/c14-8-4-5-11-9(6-8)13(17-7-16-11)18-12-3-1-2-10(12)15/h4-7,10,12H,1-3H2,(H,16,17,18)/t10-,12-/m1/s1. The zero-order valence-corrected chi connectivity index (χ0v) is 10.5. The van der Waals surface area contributed by atoms with Crippen molar-refractivity contribution in [3.05, 3.63) is 29.5 Å². The second-order valence-electron chi connectivity index (χ2n) is 4.58. The molecule has 1 heterocycles. The Labute approximate surface area is 109 Å². The molecule has 1 fully saturated rings. The first-order chi connectivity index (χ1) is 8.74. The van der Waals surface area contributed by atoms with Crippen molar-refractivity contribution >= 4 is 28.3 Å². The number of nitrogens with zero attached hydrogens (tertiary/aromatic N) is 2. The second-order valence-corrected chi connectivity index (χ2v) is 5.02. The van der Waals surface area contributed by atoms with Gasteiger partial charge in [0.05, 0.1) is 11.6 Å². The van der Waals surface area contributed by atoms with Gasteiger partial charge in [-0.25, -0.2) is 14.4 Å². The Hall–Kier alpha value is -1.42. The molecule has 1 aliphatic carbocycles. The molecule has 18 heavy (non-hydrogen) atoms. The summed E-state index contributed by atoms with van der Waals surface area (Å²) < 4.78 is 13.6. The van der Waals surface area contributed by atoms with Crippen LogP contribution in [0.4, 0.5) is 10.2 Å². The molecule has 1 aliphatic rings. The summed E-state index contributed by atoms with van der Waals surface area (Å²) in [5, 5.41) is 4.64. The third-order valence-corrected chi connectivity index (χ3v) is 3.59. The lowest BCUT2D eigenvalue weighted by atomic mass is 10.2. The lowest BCUT2D eigenvalue weighted by Gasteiger charge is -2.16. The van der Waals surface area contributed by atoms with E-state index in [4.69, 9.17) is 11.6 Å². The van der Waals surface area contributed by atoms with E-state index in [0.717, 1.165) is 23.7 Å². The van der Waals surface area contributed by atoms with Crippen LogP contribution in [0.25, 0.3) is 10.9 Å². The average Bonchev–Trinajstić information content (AvgIpc) is 2.76. The quantitative estimate of drug-likeness (QED) is 0.902. The van der Waals surface area contributed by atoms with E-state index in [-0.39, 0.29) is 6.04 Å². The van der Waals surface area contributed by atoms with Gasteiger partial charge in [0.2, 0.25) is 0 Å². The maximum Gasteiger partial charge on any atom is 0.137 e. The Bertz CT molecular complexity index is 575. The molecule has 1 aromatic carbocycles. The molecule has 3 rings (SSSR count). The van der Waals surface area contributed by atoms with Crippen molar-refractivity contribution in [1.29, 1.82) is 0 Å². The molecule has 94 valence electrons. The first-order valence-corrected chi connectivity index (χ1v) is 6.43. The van der Waals surface area contributed by atoms with Gasteiger partial charge in [-0.2, -0.15) is 0 Å². The molecule has 1 saturated carbocycles. The average molecular weight is 266 g/mol. The molecule has 2 atom stereocenters. The van der Waals surface area contributed by atoms with E-state index in [9.17, 15) is 4.39 Å². The Kier molecular flexibility index (Phi) is 3.04. The maximum absolute atomic E-state index is 13.6. The van der Waals surface area contributed by atoms with Crippen LogP contribution in [0.1, 0.15) is 19.3 Å². The van der Waals surface area contributed by atoms with Gasteiger partial charge in [-0.1, -0.05) is 11.6 Å². The van der Waals surface area contributed by atoms with Crippen molar-refractivity contribution in [3.8, 4) is 0 Å². The van der Waals surface area contributed by atoms with Crippen LogP contribution in [-0.2, 0) is 0 Å². The number of rotatable bonds is 2. The fourth-order valence-corrected chi connectivity index (χ4v) is 2.57. The first-order valence-electron chi connectivity index (χ1n) is 6.05. The van der Waals surface area contributed by atoms with Gasteiger partial charge in [0.25, 0.3) is 0 Å². The number of nitrogens with one attached hydrogen (secondary N) is 1. The summed E-state index contributed by atoms with van der Waals surface area (Å²) in [6, 6.07) is 5.28. The minimum atomic E-state index is -0.797. The summed E-state index contributed by atoms with van der Waals surface area (Å²) in [4.78, 5) is 8.37. The van der Waals surface area contributed by atoms with Crippen LogP contribution in [0.5, 0.6) is 0 Å². The molecular weight excluding hydrogens is 253 g/mol. The van der Waals surface area contributed by atoms with Crippen molar-refractivity contribution in [1.82, 2.24) is 9.97 Å². The van der Waals surface area contributed by atoms with Gasteiger partial charge >= 0.3 is 0 Å². The topological polar surface area (TPSA) is 37.8 Å². The number of anilines is 1. The molecular formula is C13H13ClFN3. The Balaban J connectivity index is 1.98. The van der Waals surface area contributed by atoms with E-state index in [1.54, 1.807) is 12.1 Å². The lowest BCUT2D eigenvalue weighted by Crippen LogP contribution is -2.25. The largest absolute Gasteiger partial charge is 0.364 e. The third kappa shape index (κ3) is 2.12. The molecule has 5 heteroatoms. The lowest BCUT2D eigenvalue weighted by molar-refractivity contribution is 0.323. The molecule has 0 unspecified atom stereocenters. The number of alkyl halides is 1. The summed E-state index contributed by atoms with van der Waals surface area (Å²) >= 11 is 5.98. The third-order valence-electron chi connectivity index (χ3n) is 3.35. The molecule has 0 spiro atoms. The fourth-order valence-electron chi connectivity index (χ4n) is 2.40. The van der Waals surface area contributed by atoms with Gasteiger partial charge < -0.3 is 5.32 Å². The van der Waals surface area contributed by atoms with Crippen LogP contribution >= 0.6 is 11.6 Å². The van der Waals surface area contributed by atoms with E-state index in [2.05, 4.69) is 15.3 Å². The number of hydrogen-bond acceptors (Lipinski definition) is 3. The van der Waals surface area contributed by atoms with Crippen molar-refractivity contribution in [3.63, 3.8) is 0 Å². The Morgan fingerprint density at radius 2 is 2.17 bits per heavy atom. The molecule has 0 saturated heterocycles. The maximum atomic E-state index is 13.6. The number of hydrogen-bond donors (Lipinski definition) is 1. The summed E-state index contributed by atoms with van der Waals surface area (Å²) in [6.45, 7) is 0. The first kappa shape index (κ1) is 11.7. The van der Waals surface area contributed by atoms with Gasteiger partial charge in [-0.05, 0) is 37.5 Å². The Morgan fingerprint density at radius 3 is 2.94 bits per heavy atom. The normalized spacial score (nSPS) is 23.4. The molecule has 0 radical (unpaired) electrons. The summed E-state index contributed by atoms with van der Waals surface area (Å²) in [5.74, 6) is 0.664. The smallest absolute Gasteiger partial charge is 0.137 e. The predicted molar refractivity (Wildman–Crippen MR) is 70.7 cm³/mol. The summed E-state index contributed by atoms with van der Waals surface area (Å²) in [6.07, 6.45) is 3.08. The van der Waals surface area contributed by atoms with Crippen LogP contribution in [0, 0.1) is 0 Å². The fraction of sp³-hybridized carbons (Fsp3) is 0.385. The highest BCUT2D eigenvalue weighted by Crippen LogP contribution is 2.28. The highest BCUT2D eigenvalue weighted by atomic mass is 35.5. The van der Waals surface area contributed by atoms with Gasteiger partial charge in [0, 0.05) is 10.4 Å². The molecule has 1 aromatic heterocycles. The number of halogens is 2. The number of fused-ring (bicyclic) bond motifs is 1. The monoisotopic (exact) mass is 265 g/mol. The van der Waals surface area contributed by atoms with Gasteiger partial charge in [-0.3, -0.25) is 0 Å². The van der Waals surface area contributed by atoms with Crippen LogP contribution in [0.15, 0.2) is 24.5 Å². The minimum absolute atomic E-state index is 0.151. The van der Waals surface area contributed by atoms with Gasteiger partial charge in [0.15, 0.2) is 0 Å². The Morgan fingerprint density at radius 1 is 1.28 bits per heavy atom. The summed E-state index contributed by atoms with van der Waals surface area (Å²) in [7, 11) is 0. The number of aromatic nitrogens is 2. The van der Waals surface area contributed by atoms with E-state index in [0.29, 0.717) is 17.3 Å². The van der Waals surface area contributed by atoms with Crippen LogP contribution in [0.2, 0.25) is 5.02 Å². The molecule has 3 nitrogen and oxygen atoms in total.